The van der Waals surface area contributed by atoms with Crippen molar-refractivity contribution < 1.29 is 9.90 Å². The number of hydrogen-bond donors (Lipinski definition) is 1. The van der Waals surface area contributed by atoms with Crippen LogP contribution in [0.5, 0.6) is 0 Å². The molecule has 0 aliphatic carbocycles. The number of hydrogen-bond acceptors (Lipinski definition) is 3. The Labute approximate surface area is 111 Å². The van der Waals surface area contributed by atoms with E-state index in [0.717, 1.165) is 11.3 Å². The van der Waals surface area contributed by atoms with Crippen LogP contribution in [0.2, 0.25) is 0 Å². The first-order valence-electron chi connectivity index (χ1n) is 5.89. The van der Waals surface area contributed by atoms with Gasteiger partial charge in [0.1, 0.15) is 0 Å². The molecule has 0 aromatic heterocycles. The molecule has 0 atom stereocenters. The highest BCUT2D eigenvalue weighted by Crippen LogP contribution is 2.23. The first kappa shape index (κ1) is 13.0. The molecule has 4 nitrogen and oxygen atoms in total. The van der Waals surface area contributed by atoms with Crippen molar-refractivity contribution in [2.45, 2.75) is 13.8 Å². The number of carboxylic acid groups (broad SMARTS) is 1. The van der Waals surface area contributed by atoms with Gasteiger partial charge in [0.05, 0.1) is 16.9 Å². The minimum absolute atomic E-state index is 0.287. The van der Waals surface area contributed by atoms with Crippen LogP contribution in [0.25, 0.3) is 0 Å². The normalized spacial score (nSPS) is 10.8. The molecule has 0 saturated carbocycles. The van der Waals surface area contributed by atoms with E-state index in [2.05, 4.69) is 10.2 Å². The molecule has 2 aromatic carbocycles. The Morgan fingerprint density at radius 2 is 1.74 bits per heavy atom. The highest BCUT2D eigenvalue weighted by molar-refractivity contribution is 5.89. The lowest BCUT2D eigenvalue weighted by Gasteiger charge is -2.01. The number of aryl methyl sites for hydroxylation is 2. The third kappa shape index (κ3) is 3.04. The second-order valence-electron chi connectivity index (χ2n) is 4.29. The molecular formula is C15H14N2O2. The molecule has 0 bridgehead atoms. The van der Waals surface area contributed by atoms with Gasteiger partial charge in [-0.05, 0) is 49.2 Å². The van der Waals surface area contributed by atoms with Crippen molar-refractivity contribution in [3.8, 4) is 0 Å². The second kappa shape index (κ2) is 5.44. The van der Waals surface area contributed by atoms with Crippen LogP contribution in [0, 0.1) is 13.8 Å². The number of carboxylic acids is 1. The van der Waals surface area contributed by atoms with Crippen molar-refractivity contribution in [2.75, 3.05) is 0 Å². The van der Waals surface area contributed by atoms with E-state index in [1.165, 1.54) is 0 Å². The lowest BCUT2D eigenvalue weighted by atomic mass is 10.1. The van der Waals surface area contributed by atoms with Gasteiger partial charge in [-0.25, -0.2) is 4.79 Å². The Morgan fingerprint density at radius 3 is 2.37 bits per heavy atom. The average Bonchev–Trinajstić information content (AvgIpc) is 2.37. The van der Waals surface area contributed by atoms with Gasteiger partial charge in [-0.15, -0.1) is 0 Å². The fourth-order valence-electron chi connectivity index (χ4n) is 1.74. The van der Waals surface area contributed by atoms with Gasteiger partial charge in [0.25, 0.3) is 0 Å². The third-order valence-electron chi connectivity index (χ3n) is 2.83. The minimum atomic E-state index is -0.931. The first-order valence-corrected chi connectivity index (χ1v) is 5.89. The van der Waals surface area contributed by atoms with E-state index in [1.54, 1.807) is 25.1 Å². The van der Waals surface area contributed by atoms with Crippen LogP contribution in [0.3, 0.4) is 0 Å². The molecule has 1 N–H and O–H groups in total. The summed E-state index contributed by atoms with van der Waals surface area (Å²) in [6.07, 6.45) is 0. The number of carbonyl (C=O) groups is 1. The van der Waals surface area contributed by atoms with Crippen molar-refractivity contribution >= 4 is 17.3 Å². The smallest absolute Gasteiger partial charge is 0.335 e. The zero-order valence-corrected chi connectivity index (χ0v) is 10.8. The summed E-state index contributed by atoms with van der Waals surface area (Å²) in [4.78, 5) is 10.9. The lowest BCUT2D eigenvalue weighted by molar-refractivity contribution is 0.0696. The second-order valence-corrected chi connectivity index (χ2v) is 4.29. The Kier molecular flexibility index (Phi) is 3.71. The fourth-order valence-corrected chi connectivity index (χ4v) is 1.74. The molecule has 0 radical (unpaired) electrons. The summed E-state index contributed by atoms with van der Waals surface area (Å²) in [6.45, 7) is 3.71. The number of rotatable bonds is 3. The van der Waals surface area contributed by atoms with E-state index in [4.69, 9.17) is 5.11 Å². The number of azo groups is 1. The van der Waals surface area contributed by atoms with E-state index in [0.29, 0.717) is 11.3 Å². The molecule has 0 aliphatic rings. The molecule has 0 amide bonds. The zero-order chi connectivity index (χ0) is 13.8. The van der Waals surface area contributed by atoms with Gasteiger partial charge < -0.3 is 5.11 Å². The standard InChI is InChI=1S/C15H14N2O2/c1-10-5-3-4-6-14(10)17-16-12-7-8-13(15(18)19)11(2)9-12/h3-9H,1-2H3,(H,18,19)/b17-16+. The van der Waals surface area contributed by atoms with Crippen LogP contribution in [-0.4, -0.2) is 11.1 Å². The highest BCUT2D eigenvalue weighted by atomic mass is 16.4. The Morgan fingerprint density at radius 1 is 1.00 bits per heavy atom. The molecule has 0 aliphatic heterocycles. The van der Waals surface area contributed by atoms with Crippen molar-refractivity contribution in [3.63, 3.8) is 0 Å². The highest BCUT2D eigenvalue weighted by Gasteiger charge is 2.06. The van der Waals surface area contributed by atoms with Crippen LogP contribution in [0.1, 0.15) is 21.5 Å². The van der Waals surface area contributed by atoms with Gasteiger partial charge in [-0.3, -0.25) is 0 Å². The number of nitrogens with zero attached hydrogens (tertiary/aromatic N) is 2. The van der Waals surface area contributed by atoms with Crippen LogP contribution < -0.4 is 0 Å². The largest absolute Gasteiger partial charge is 0.478 e. The summed E-state index contributed by atoms with van der Waals surface area (Å²) in [6, 6.07) is 12.6. The quantitative estimate of drug-likeness (QED) is 0.824. The molecule has 0 fully saturated rings. The van der Waals surface area contributed by atoms with Crippen molar-refractivity contribution in [3.05, 3.63) is 59.2 Å². The minimum Gasteiger partial charge on any atom is -0.478 e. The van der Waals surface area contributed by atoms with Crippen LogP contribution in [-0.2, 0) is 0 Å². The van der Waals surface area contributed by atoms with Crippen LogP contribution >= 0.6 is 0 Å². The molecule has 2 rings (SSSR count). The molecule has 2 aromatic rings. The van der Waals surface area contributed by atoms with E-state index in [-0.39, 0.29) is 5.56 Å². The maximum absolute atomic E-state index is 10.9. The molecule has 0 unspecified atom stereocenters. The Bertz CT molecular complexity index is 648. The van der Waals surface area contributed by atoms with Crippen LogP contribution in [0.4, 0.5) is 11.4 Å². The first-order chi connectivity index (χ1) is 9.08. The number of benzene rings is 2. The fraction of sp³-hybridized carbons (Fsp3) is 0.133. The van der Waals surface area contributed by atoms with E-state index in [9.17, 15) is 4.79 Å². The maximum Gasteiger partial charge on any atom is 0.335 e. The topological polar surface area (TPSA) is 62.0 Å². The monoisotopic (exact) mass is 254 g/mol. The third-order valence-corrected chi connectivity index (χ3v) is 2.83. The van der Waals surface area contributed by atoms with Gasteiger partial charge in [0.2, 0.25) is 0 Å². The number of aromatic carboxylic acids is 1. The van der Waals surface area contributed by atoms with Gasteiger partial charge >= 0.3 is 5.97 Å². The molecule has 0 saturated heterocycles. The van der Waals surface area contributed by atoms with Gasteiger partial charge in [-0.1, -0.05) is 18.2 Å². The molecule has 19 heavy (non-hydrogen) atoms. The van der Waals surface area contributed by atoms with E-state index >= 15 is 0 Å². The maximum atomic E-state index is 10.9. The molecule has 0 heterocycles. The Hall–Kier alpha value is -2.49. The predicted molar refractivity (Wildman–Crippen MR) is 73.5 cm³/mol. The zero-order valence-electron chi connectivity index (χ0n) is 10.8. The molecule has 4 heteroatoms. The van der Waals surface area contributed by atoms with Crippen molar-refractivity contribution in [1.29, 1.82) is 0 Å². The Balaban J connectivity index is 2.27. The van der Waals surface area contributed by atoms with Gasteiger partial charge in [-0.2, -0.15) is 10.2 Å². The van der Waals surface area contributed by atoms with Crippen molar-refractivity contribution in [2.24, 2.45) is 10.2 Å². The SMILES string of the molecule is Cc1ccccc1/N=N/c1ccc(C(=O)O)c(C)c1. The molecular weight excluding hydrogens is 240 g/mol. The summed E-state index contributed by atoms with van der Waals surface area (Å²) >= 11 is 0. The predicted octanol–water partition coefficient (Wildman–Crippen LogP) is 4.42. The summed E-state index contributed by atoms with van der Waals surface area (Å²) in [5.74, 6) is -0.931. The summed E-state index contributed by atoms with van der Waals surface area (Å²) in [5, 5.41) is 17.2. The van der Waals surface area contributed by atoms with E-state index < -0.39 is 5.97 Å². The lowest BCUT2D eigenvalue weighted by Crippen LogP contribution is -1.98. The molecule has 96 valence electrons. The summed E-state index contributed by atoms with van der Waals surface area (Å²) < 4.78 is 0. The van der Waals surface area contributed by atoms with Gasteiger partial charge in [0.15, 0.2) is 0 Å². The molecule has 0 spiro atoms. The van der Waals surface area contributed by atoms with E-state index in [1.807, 2.05) is 31.2 Å². The van der Waals surface area contributed by atoms with Crippen LogP contribution in [0.15, 0.2) is 52.7 Å². The summed E-state index contributed by atoms with van der Waals surface area (Å²) in [7, 11) is 0. The van der Waals surface area contributed by atoms with Crippen molar-refractivity contribution in [1.82, 2.24) is 0 Å². The van der Waals surface area contributed by atoms with Gasteiger partial charge in [0, 0.05) is 0 Å². The summed E-state index contributed by atoms with van der Waals surface area (Å²) in [5.41, 5.74) is 3.46. The average molecular weight is 254 g/mol.